The lowest BCUT2D eigenvalue weighted by atomic mass is 9.97. The van der Waals surface area contributed by atoms with Gasteiger partial charge in [0.1, 0.15) is 0 Å². The topological polar surface area (TPSA) is 73.2 Å². The third-order valence-electron chi connectivity index (χ3n) is 3.92. The lowest BCUT2D eigenvalue weighted by Gasteiger charge is -2.32. The molecule has 0 atom stereocenters. The second kappa shape index (κ2) is 5.94. The van der Waals surface area contributed by atoms with Gasteiger partial charge in [-0.05, 0) is 47.9 Å². The van der Waals surface area contributed by atoms with Crippen molar-refractivity contribution in [3.05, 3.63) is 59.2 Å². The van der Waals surface area contributed by atoms with E-state index in [1.807, 2.05) is 36.4 Å². The first-order valence-electron chi connectivity index (χ1n) is 7.30. The predicted molar refractivity (Wildman–Crippen MR) is 90.8 cm³/mol. The van der Waals surface area contributed by atoms with E-state index in [1.165, 1.54) is 0 Å². The van der Waals surface area contributed by atoms with Crippen molar-refractivity contribution < 1.29 is 8.42 Å². The Morgan fingerprint density at radius 2 is 1.91 bits per heavy atom. The Hall–Kier alpha value is -2.52. The third kappa shape index (κ3) is 3.46. The van der Waals surface area contributed by atoms with Crippen LogP contribution in [-0.4, -0.2) is 21.2 Å². The highest BCUT2D eigenvalue weighted by Crippen LogP contribution is 2.29. The summed E-state index contributed by atoms with van der Waals surface area (Å²) in [7, 11) is -3.28. The molecule has 0 spiro atoms. The molecule has 0 saturated carbocycles. The lowest BCUT2D eigenvalue weighted by molar-refractivity contribution is 0.606. The summed E-state index contributed by atoms with van der Waals surface area (Å²) in [6.07, 6.45) is 1.94. The van der Waals surface area contributed by atoms with Gasteiger partial charge in [-0.25, -0.2) is 8.42 Å². The molecule has 118 valence electrons. The lowest BCUT2D eigenvalue weighted by Crippen LogP contribution is -2.31. The Kier molecular flexibility index (Phi) is 3.97. The number of anilines is 2. The van der Waals surface area contributed by atoms with Gasteiger partial charge in [-0.1, -0.05) is 12.1 Å². The fourth-order valence-corrected chi connectivity index (χ4v) is 3.46. The summed E-state index contributed by atoms with van der Waals surface area (Å²) in [5, 5.41) is 8.87. The van der Waals surface area contributed by atoms with Crippen LogP contribution in [0, 0.1) is 11.3 Å². The molecule has 0 fully saturated rings. The van der Waals surface area contributed by atoms with E-state index >= 15 is 0 Å². The summed E-state index contributed by atoms with van der Waals surface area (Å²) >= 11 is 0. The molecule has 0 aromatic heterocycles. The Balaban J connectivity index is 1.86. The van der Waals surface area contributed by atoms with Gasteiger partial charge in [-0.3, -0.25) is 4.72 Å². The van der Waals surface area contributed by atoms with E-state index in [0.29, 0.717) is 11.3 Å². The number of nitrogens with zero attached hydrogens (tertiary/aromatic N) is 2. The number of sulfonamides is 1. The first-order valence-corrected chi connectivity index (χ1v) is 9.19. The zero-order chi connectivity index (χ0) is 16.4. The van der Waals surface area contributed by atoms with Crippen LogP contribution < -0.4 is 9.62 Å². The average Bonchev–Trinajstić information content (AvgIpc) is 2.53. The van der Waals surface area contributed by atoms with Crippen molar-refractivity contribution >= 4 is 21.4 Å². The normalized spacial score (nSPS) is 14.0. The minimum absolute atomic E-state index is 0.644. The quantitative estimate of drug-likeness (QED) is 0.940. The Bertz CT molecular complexity index is 868. The average molecular weight is 327 g/mol. The third-order valence-corrected chi connectivity index (χ3v) is 4.51. The fraction of sp³-hybridized carbons (Fsp3) is 0.235. The van der Waals surface area contributed by atoms with Crippen molar-refractivity contribution in [1.82, 2.24) is 0 Å². The first-order chi connectivity index (χ1) is 11.0. The van der Waals surface area contributed by atoms with Gasteiger partial charge in [0.05, 0.1) is 23.6 Å². The van der Waals surface area contributed by atoms with Crippen LogP contribution in [0.25, 0.3) is 0 Å². The summed E-state index contributed by atoms with van der Waals surface area (Å²) in [4.78, 5) is 2.23. The maximum Gasteiger partial charge on any atom is 0.229 e. The molecule has 0 radical (unpaired) electrons. The standard InChI is InChI=1S/C17H17N3O2S/c1-23(21,22)19-17-4-2-3-14-12-20(10-9-16(14)17)15-7-5-13(11-18)6-8-15/h2-8,19H,9-10,12H2,1H3. The number of hydrogen-bond donors (Lipinski definition) is 1. The van der Waals surface area contributed by atoms with Gasteiger partial charge in [-0.15, -0.1) is 0 Å². The highest BCUT2D eigenvalue weighted by molar-refractivity contribution is 7.92. The smallest absolute Gasteiger partial charge is 0.229 e. The minimum atomic E-state index is -3.28. The van der Waals surface area contributed by atoms with Crippen LogP contribution >= 0.6 is 0 Å². The Morgan fingerprint density at radius 1 is 1.17 bits per heavy atom. The van der Waals surface area contributed by atoms with Crippen LogP contribution in [0.2, 0.25) is 0 Å². The summed E-state index contributed by atoms with van der Waals surface area (Å²) in [5.74, 6) is 0. The maximum atomic E-state index is 11.5. The number of benzene rings is 2. The van der Waals surface area contributed by atoms with E-state index in [0.717, 1.165) is 42.6 Å². The van der Waals surface area contributed by atoms with Gasteiger partial charge in [0.2, 0.25) is 10.0 Å². The zero-order valence-corrected chi connectivity index (χ0v) is 13.6. The number of fused-ring (bicyclic) bond motifs is 1. The highest BCUT2D eigenvalue weighted by Gasteiger charge is 2.20. The molecule has 1 N–H and O–H groups in total. The second-order valence-electron chi connectivity index (χ2n) is 5.65. The number of nitriles is 1. The fourth-order valence-electron chi connectivity index (χ4n) is 2.87. The maximum absolute atomic E-state index is 11.5. The number of rotatable bonds is 3. The molecular weight excluding hydrogens is 310 g/mol. The van der Waals surface area contributed by atoms with Crippen molar-refractivity contribution in [1.29, 1.82) is 5.26 Å². The molecule has 1 aliphatic heterocycles. The summed E-state index contributed by atoms with van der Waals surface area (Å²) in [5.41, 5.74) is 4.56. The molecule has 0 amide bonds. The summed E-state index contributed by atoms with van der Waals surface area (Å²) in [6.45, 7) is 1.53. The molecule has 0 saturated heterocycles. The van der Waals surface area contributed by atoms with Crippen LogP contribution in [0.5, 0.6) is 0 Å². The molecule has 0 bridgehead atoms. The predicted octanol–water partition coefficient (Wildman–Crippen LogP) is 2.49. The molecule has 1 aliphatic rings. The van der Waals surface area contributed by atoms with Gasteiger partial charge in [0, 0.05) is 18.8 Å². The minimum Gasteiger partial charge on any atom is -0.367 e. The molecule has 0 aliphatic carbocycles. The van der Waals surface area contributed by atoms with Crippen molar-refractivity contribution in [2.24, 2.45) is 0 Å². The van der Waals surface area contributed by atoms with E-state index in [-0.39, 0.29) is 0 Å². The zero-order valence-electron chi connectivity index (χ0n) is 12.8. The van der Waals surface area contributed by atoms with Crippen molar-refractivity contribution in [2.75, 3.05) is 22.4 Å². The highest BCUT2D eigenvalue weighted by atomic mass is 32.2. The van der Waals surface area contributed by atoms with Gasteiger partial charge >= 0.3 is 0 Å². The van der Waals surface area contributed by atoms with E-state index in [2.05, 4.69) is 15.7 Å². The van der Waals surface area contributed by atoms with Crippen molar-refractivity contribution in [3.8, 4) is 6.07 Å². The molecule has 23 heavy (non-hydrogen) atoms. The molecule has 1 heterocycles. The molecule has 0 unspecified atom stereocenters. The van der Waals surface area contributed by atoms with E-state index < -0.39 is 10.0 Å². The monoisotopic (exact) mass is 327 g/mol. The van der Waals surface area contributed by atoms with Gasteiger partial charge in [-0.2, -0.15) is 5.26 Å². The first kappa shape index (κ1) is 15.4. The Labute approximate surface area is 136 Å². The summed E-state index contributed by atoms with van der Waals surface area (Å²) in [6, 6.07) is 15.3. The van der Waals surface area contributed by atoms with Gasteiger partial charge < -0.3 is 4.90 Å². The van der Waals surface area contributed by atoms with Crippen LogP contribution in [0.15, 0.2) is 42.5 Å². The molecular formula is C17H17N3O2S. The molecule has 3 rings (SSSR count). The molecule has 2 aromatic rings. The van der Waals surface area contributed by atoms with Crippen LogP contribution in [0.3, 0.4) is 0 Å². The van der Waals surface area contributed by atoms with Gasteiger partial charge in [0.25, 0.3) is 0 Å². The SMILES string of the molecule is CS(=O)(=O)Nc1cccc2c1CCN(c1ccc(C#N)cc1)C2. The molecule has 5 nitrogen and oxygen atoms in total. The second-order valence-corrected chi connectivity index (χ2v) is 7.40. The van der Waals surface area contributed by atoms with E-state index in [4.69, 9.17) is 5.26 Å². The number of hydrogen-bond acceptors (Lipinski definition) is 4. The largest absolute Gasteiger partial charge is 0.367 e. The van der Waals surface area contributed by atoms with Crippen LogP contribution in [0.4, 0.5) is 11.4 Å². The Morgan fingerprint density at radius 3 is 2.57 bits per heavy atom. The molecule has 2 aromatic carbocycles. The van der Waals surface area contributed by atoms with Gasteiger partial charge in [0.15, 0.2) is 0 Å². The van der Waals surface area contributed by atoms with E-state index in [9.17, 15) is 8.42 Å². The van der Waals surface area contributed by atoms with E-state index in [1.54, 1.807) is 6.07 Å². The van der Waals surface area contributed by atoms with Crippen LogP contribution in [-0.2, 0) is 23.0 Å². The van der Waals surface area contributed by atoms with Crippen molar-refractivity contribution in [2.45, 2.75) is 13.0 Å². The van der Waals surface area contributed by atoms with Crippen LogP contribution in [0.1, 0.15) is 16.7 Å². The molecule has 6 heteroatoms. The number of nitrogens with one attached hydrogen (secondary N) is 1. The summed E-state index contributed by atoms with van der Waals surface area (Å²) < 4.78 is 25.6. The van der Waals surface area contributed by atoms with Crippen molar-refractivity contribution in [3.63, 3.8) is 0 Å².